The third-order valence-electron chi connectivity index (χ3n) is 11.3. The average molecular weight is 775 g/mol. The van der Waals surface area contributed by atoms with Crippen molar-refractivity contribution >= 4 is 12.0 Å². The summed E-state index contributed by atoms with van der Waals surface area (Å²) in [5.41, 5.74) is 0.808. The summed E-state index contributed by atoms with van der Waals surface area (Å²) in [6, 6.07) is 8.14. The molecular formula is C46H82N2O7. The average Bonchev–Trinajstić information content (AvgIpc) is 3.20. The first-order chi connectivity index (χ1) is 26.9. The Morgan fingerprint density at radius 1 is 0.636 bits per heavy atom. The fraction of sp³-hybridized carbons (Fsp3) is 0.826. The van der Waals surface area contributed by atoms with Gasteiger partial charge in [-0.3, -0.25) is 4.79 Å². The fourth-order valence-corrected chi connectivity index (χ4v) is 7.73. The van der Waals surface area contributed by atoms with Gasteiger partial charge in [0, 0.05) is 13.0 Å². The van der Waals surface area contributed by atoms with Crippen LogP contribution in [0.25, 0.3) is 0 Å². The number of hydrogen-bond donors (Lipinski definition) is 4. The molecule has 0 aliphatic carbocycles. The molecule has 0 unspecified atom stereocenters. The van der Waals surface area contributed by atoms with Crippen molar-refractivity contribution in [2.75, 3.05) is 13.2 Å². The predicted octanol–water partition coefficient (Wildman–Crippen LogP) is 10.5. The van der Waals surface area contributed by atoms with Crippen LogP contribution in [-0.4, -0.2) is 76.0 Å². The van der Waals surface area contributed by atoms with Gasteiger partial charge in [-0.25, -0.2) is 4.79 Å². The summed E-state index contributed by atoms with van der Waals surface area (Å²) in [6.45, 7) is 4.41. The molecule has 55 heavy (non-hydrogen) atoms. The molecule has 0 spiro atoms. The van der Waals surface area contributed by atoms with Crippen LogP contribution in [0.2, 0.25) is 0 Å². The number of benzene rings is 1. The minimum absolute atomic E-state index is 0.0313. The first-order valence-corrected chi connectivity index (χ1v) is 22.8. The molecule has 1 fully saturated rings. The second-order valence-corrected chi connectivity index (χ2v) is 16.1. The number of hydrogen-bond acceptors (Lipinski definition) is 7. The molecule has 0 aromatic heterocycles. The molecular weight excluding hydrogens is 693 g/mol. The molecule has 1 saturated heterocycles. The van der Waals surface area contributed by atoms with E-state index in [1.54, 1.807) is 4.90 Å². The zero-order valence-electron chi connectivity index (χ0n) is 35.1. The smallest absolute Gasteiger partial charge is 0.407 e. The normalized spacial score (nSPS) is 19.7. The second-order valence-electron chi connectivity index (χ2n) is 16.1. The monoisotopic (exact) mass is 775 g/mol. The zero-order valence-corrected chi connectivity index (χ0v) is 35.1. The molecule has 9 heteroatoms. The minimum atomic E-state index is -1.47. The van der Waals surface area contributed by atoms with Gasteiger partial charge in [-0.05, 0) is 18.4 Å². The highest BCUT2D eigenvalue weighted by Gasteiger charge is 2.48. The van der Waals surface area contributed by atoms with Crippen molar-refractivity contribution in [3.8, 4) is 0 Å². The zero-order chi connectivity index (χ0) is 39.8. The Morgan fingerprint density at radius 2 is 1.07 bits per heavy atom. The van der Waals surface area contributed by atoms with Crippen LogP contribution in [0.4, 0.5) is 4.79 Å². The lowest BCUT2D eigenvalue weighted by atomic mass is 9.95. The summed E-state index contributed by atoms with van der Waals surface area (Å²) in [5, 5.41) is 34.7. The molecule has 0 radical (unpaired) electrons. The van der Waals surface area contributed by atoms with E-state index in [9.17, 15) is 24.9 Å². The second kappa shape index (κ2) is 32.8. The Hall–Kier alpha value is -2.20. The lowest BCUT2D eigenvalue weighted by molar-refractivity contribution is -0.230. The first-order valence-electron chi connectivity index (χ1n) is 22.8. The molecule has 0 bridgehead atoms. The van der Waals surface area contributed by atoms with Gasteiger partial charge in [0.2, 0.25) is 5.91 Å². The van der Waals surface area contributed by atoms with E-state index in [0.717, 1.165) is 44.1 Å². The Morgan fingerprint density at radius 3 is 1.53 bits per heavy atom. The van der Waals surface area contributed by atoms with Crippen LogP contribution < -0.4 is 5.32 Å². The van der Waals surface area contributed by atoms with Crippen LogP contribution >= 0.6 is 0 Å². The summed E-state index contributed by atoms with van der Waals surface area (Å²) in [4.78, 5) is 28.5. The number of aliphatic hydroxyl groups is 3. The number of carbonyl (C=O) groups is 2. The van der Waals surface area contributed by atoms with Crippen molar-refractivity contribution < 1.29 is 34.4 Å². The summed E-state index contributed by atoms with van der Waals surface area (Å²) in [7, 11) is 0. The van der Waals surface area contributed by atoms with Gasteiger partial charge >= 0.3 is 6.09 Å². The lowest BCUT2D eigenvalue weighted by Crippen LogP contribution is -2.68. The van der Waals surface area contributed by atoms with Gasteiger partial charge < -0.3 is 35.0 Å². The largest absolute Gasteiger partial charge is 0.445 e. The van der Waals surface area contributed by atoms with Crippen LogP contribution in [0.1, 0.15) is 199 Å². The molecule has 2 rings (SSSR count). The third kappa shape index (κ3) is 22.4. The van der Waals surface area contributed by atoms with Gasteiger partial charge in [0.15, 0.2) is 6.23 Å². The molecule has 1 aliphatic heterocycles. The van der Waals surface area contributed by atoms with Gasteiger partial charge in [0.25, 0.3) is 0 Å². The molecule has 0 saturated carbocycles. The molecule has 1 aliphatic rings. The van der Waals surface area contributed by atoms with Gasteiger partial charge in [-0.2, -0.15) is 0 Å². The van der Waals surface area contributed by atoms with Crippen molar-refractivity contribution in [1.29, 1.82) is 0 Å². The van der Waals surface area contributed by atoms with E-state index < -0.39 is 43.3 Å². The van der Waals surface area contributed by atoms with E-state index in [2.05, 4.69) is 19.2 Å². The highest BCUT2D eigenvalue weighted by Crippen LogP contribution is 2.26. The van der Waals surface area contributed by atoms with Crippen LogP contribution in [0.5, 0.6) is 0 Å². The maximum Gasteiger partial charge on any atom is 0.407 e. The molecule has 4 N–H and O–H groups in total. The number of alkyl carbamates (subject to hydrolysis) is 1. The van der Waals surface area contributed by atoms with Gasteiger partial charge in [-0.1, -0.05) is 205 Å². The Kier molecular flexibility index (Phi) is 29.2. The number of unbranched alkanes of at least 4 members (excludes halogenated alkanes) is 25. The number of ether oxygens (including phenoxy) is 2. The minimum Gasteiger partial charge on any atom is -0.445 e. The predicted molar refractivity (Wildman–Crippen MR) is 224 cm³/mol. The maximum atomic E-state index is 13.9. The summed E-state index contributed by atoms with van der Waals surface area (Å²) in [5.74, 6) is -0.105. The van der Waals surface area contributed by atoms with Crippen LogP contribution in [0.3, 0.4) is 0 Å². The van der Waals surface area contributed by atoms with E-state index in [4.69, 9.17) is 9.47 Å². The van der Waals surface area contributed by atoms with Crippen molar-refractivity contribution in [1.82, 2.24) is 10.2 Å². The van der Waals surface area contributed by atoms with Crippen molar-refractivity contribution in [3.63, 3.8) is 0 Å². The number of nitrogens with one attached hydrogen (secondary N) is 1. The molecule has 1 heterocycles. The highest BCUT2D eigenvalue weighted by molar-refractivity contribution is 5.76. The summed E-state index contributed by atoms with van der Waals surface area (Å²) in [6.07, 6.45) is 27.6. The fourth-order valence-electron chi connectivity index (χ4n) is 7.73. The first kappa shape index (κ1) is 48.9. The van der Waals surface area contributed by atoms with Gasteiger partial charge in [0.05, 0.1) is 6.61 Å². The maximum absolute atomic E-state index is 13.9. The Labute approximate surface area is 335 Å². The van der Waals surface area contributed by atoms with Crippen LogP contribution in [0.15, 0.2) is 30.3 Å². The van der Waals surface area contributed by atoms with E-state index >= 15 is 0 Å². The van der Waals surface area contributed by atoms with E-state index in [-0.39, 0.29) is 12.5 Å². The van der Waals surface area contributed by atoms with Crippen LogP contribution in [0, 0.1) is 0 Å². The van der Waals surface area contributed by atoms with Crippen molar-refractivity contribution in [3.05, 3.63) is 35.9 Å². The molecule has 9 nitrogen and oxygen atoms in total. The molecule has 2 amide bonds. The van der Waals surface area contributed by atoms with Crippen molar-refractivity contribution in [2.24, 2.45) is 0 Å². The van der Waals surface area contributed by atoms with E-state index in [0.29, 0.717) is 13.0 Å². The Bertz CT molecular complexity index is 1060. The number of rotatable bonds is 34. The third-order valence-corrected chi connectivity index (χ3v) is 11.3. The molecule has 318 valence electrons. The lowest BCUT2D eigenvalue weighted by Gasteiger charge is -2.46. The molecule has 1 aromatic rings. The van der Waals surface area contributed by atoms with Gasteiger partial charge in [-0.15, -0.1) is 0 Å². The SMILES string of the molecule is CCCCCCCCCCCCCCCCCCN(C(=O)CCCCCCCCCCCCC)[C@@H]1O[C@H](CO)[C@H](O)[C@H](O)[C@H]1NC(=O)OCc1ccccc1. The number of amides is 2. The highest BCUT2D eigenvalue weighted by atomic mass is 16.6. The van der Waals surface area contributed by atoms with Crippen molar-refractivity contribution in [2.45, 2.75) is 231 Å². The quantitative estimate of drug-likeness (QED) is 0.0513. The standard InChI is InChI=1S/C46H82N2O7/c1-3-5-7-9-11-13-15-16-17-18-19-21-23-25-27-32-36-48(41(50)35-31-26-24-22-20-14-12-10-8-6-4-2)45-42(44(52)43(51)40(37-49)55-45)47-46(53)54-38-39-33-29-28-30-34-39/h28-30,33-34,40,42-45,49,51-52H,3-27,31-32,35-38H2,1-2H3,(H,47,53)/t40-,42-,43+,44-,45-/m1/s1. The summed E-state index contributed by atoms with van der Waals surface area (Å²) >= 11 is 0. The number of carbonyl (C=O) groups excluding carboxylic acids is 2. The molecule has 5 atom stereocenters. The number of nitrogens with zero attached hydrogens (tertiary/aromatic N) is 1. The van der Waals surface area contributed by atoms with E-state index in [1.807, 2.05) is 30.3 Å². The summed E-state index contributed by atoms with van der Waals surface area (Å²) < 4.78 is 11.6. The van der Waals surface area contributed by atoms with Crippen LogP contribution in [-0.2, 0) is 20.9 Å². The van der Waals surface area contributed by atoms with E-state index in [1.165, 1.54) is 135 Å². The van der Waals surface area contributed by atoms with Gasteiger partial charge in [0.1, 0.15) is 31.0 Å². The number of aliphatic hydroxyl groups excluding tert-OH is 3. The Balaban J connectivity index is 1.89. The topological polar surface area (TPSA) is 129 Å². The molecule has 1 aromatic carbocycles.